The van der Waals surface area contributed by atoms with Crippen molar-refractivity contribution in [2.24, 2.45) is 5.92 Å². The number of carbonyl (C=O) groups is 1. The van der Waals surface area contributed by atoms with Crippen LogP contribution in [0, 0.1) is 12.8 Å². The Morgan fingerprint density at radius 3 is 2.47 bits per heavy atom. The third kappa shape index (κ3) is 5.01. The first-order chi connectivity index (χ1) is 16.3. The molecule has 0 bridgehead atoms. The molecule has 0 spiro atoms. The number of tetrazole rings is 1. The molecule has 10 nitrogen and oxygen atoms in total. The molecule has 11 heteroatoms. The Hall–Kier alpha value is -3.15. The zero-order valence-electron chi connectivity index (χ0n) is 19.4. The van der Waals surface area contributed by atoms with Crippen LogP contribution in [-0.2, 0) is 19.6 Å². The van der Waals surface area contributed by atoms with E-state index in [1.165, 1.54) is 15.2 Å². The molecule has 180 valence electrons. The molecule has 1 aromatic heterocycles. The van der Waals surface area contributed by atoms with Gasteiger partial charge in [-0.3, -0.25) is 4.79 Å². The molecule has 1 aliphatic heterocycles. The molecule has 0 saturated carbocycles. The molecular weight excluding hydrogens is 456 g/mol. The van der Waals surface area contributed by atoms with Crippen LogP contribution in [0.15, 0.2) is 53.4 Å². The molecular formula is C23H28N6O4S. The van der Waals surface area contributed by atoms with Gasteiger partial charge in [0, 0.05) is 24.3 Å². The van der Waals surface area contributed by atoms with Crippen molar-refractivity contribution in [2.75, 3.05) is 31.6 Å². The highest BCUT2D eigenvalue weighted by atomic mass is 32.2. The number of amides is 1. The maximum atomic E-state index is 13.3. The zero-order valence-corrected chi connectivity index (χ0v) is 20.2. The van der Waals surface area contributed by atoms with E-state index in [-0.39, 0.29) is 16.7 Å². The topological polar surface area (TPSA) is 119 Å². The fourth-order valence-corrected chi connectivity index (χ4v) is 5.19. The lowest BCUT2D eigenvalue weighted by Gasteiger charge is -2.26. The molecule has 1 aliphatic rings. The maximum absolute atomic E-state index is 13.3. The molecule has 4 rings (SSSR count). The molecule has 1 atom stereocenters. The van der Waals surface area contributed by atoms with E-state index >= 15 is 0 Å². The summed E-state index contributed by atoms with van der Waals surface area (Å²) in [4.78, 5) is 14.7. The SMILES string of the molecule is Cc1ccc(S(=O)(=O)N2CCOCC2)cc1NC(=O)C(C(C)C)n1nnc(-c2ccccc2)n1. The predicted molar refractivity (Wildman–Crippen MR) is 127 cm³/mol. The summed E-state index contributed by atoms with van der Waals surface area (Å²) in [7, 11) is -3.69. The van der Waals surface area contributed by atoms with Gasteiger partial charge in [-0.05, 0) is 35.8 Å². The van der Waals surface area contributed by atoms with Crippen molar-refractivity contribution >= 4 is 21.6 Å². The molecule has 34 heavy (non-hydrogen) atoms. The van der Waals surface area contributed by atoms with E-state index in [1.54, 1.807) is 12.1 Å². The zero-order chi connectivity index (χ0) is 24.3. The van der Waals surface area contributed by atoms with Crippen LogP contribution in [0.4, 0.5) is 5.69 Å². The number of nitrogens with one attached hydrogen (secondary N) is 1. The highest BCUT2D eigenvalue weighted by Crippen LogP contribution is 2.26. The van der Waals surface area contributed by atoms with Crippen molar-refractivity contribution in [3.8, 4) is 11.4 Å². The molecule has 1 fully saturated rings. The van der Waals surface area contributed by atoms with Gasteiger partial charge >= 0.3 is 0 Å². The van der Waals surface area contributed by atoms with Crippen molar-refractivity contribution in [2.45, 2.75) is 31.7 Å². The lowest BCUT2D eigenvalue weighted by atomic mass is 10.0. The van der Waals surface area contributed by atoms with Crippen molar-refractivity contribution in [3.05, 3.63) is 54.1 Å². The number of sulfonamides is 1. The molecule has 1 unspecified atom stereocenters. The Labute approximate surface area is 199 Å². The van der Waals surface area contributed by atoms with Crippen molar-refractivity contribution in [3.63, 3.8) is 0 Å². The number of hydrogen-bond acceptors (Lipinski definition) is 7. The van der Waals surface area contributed by atoms with Crippen LogP contribution in [0.1, 0.15) is 25.5 Å². The summed E-state index contributed by atoms with van der Waals surface area (Å²) >= 11 is 0. The third-order valence-electron chi connectivity index (χ3n) is 5.68. The molecule has 0 radical (unpaired) electrons. The number of aromatic nitrogens is 4. The van der Waals surface area contributed by atoms with Crippen LogP contribution in [0.3, 0.4) is 0 Å². The Balaban J connectivity index is 1.58. The Morgan fingerprint density at radius 2 is 1.79 bits per heavy atom. The summed E-state index contributed by atoms with van der Waals surface area (Å²) in [6.45, 7) is 6.92. The van der Waals surface area contributed by atoms with E-state index in [0.717, 1.165) is 11.1 Å². The second-order valence-electron chi connectivity index (χ2n) is 8.47. The number of aryl methyl sites for hydroxylation is 1. The first kappa shape index (κ1) is 24.0. The van der Waals surface area contributed by atoms with Crippen LogP contribution < -0.4 is 5.32 Å². The van der Waals surface area contributed by atoms with Crippen LogP contribution in [0.25, 0.3) is 11.4 Å². The number of rotatable bonds is 7. The highest BCUT2D eigenvalue weighted by Gasteiger charge is 2.30. The lowest BCUT2D eigenvalue weighted by Crippen LogP contribution is -2.40. The molecule has 2 aromatic carbocycles. The number of ether oxygens (including phenoxy) is 1. The van der Waals surface area contributed by atoms with Gasteiger partial charge in [-0.25, -0.2) is 8.42 Å². The van der Waals surface area contributed by atoms with Gasteiger partial charge in [0.25, 0.3) is 5.91 Å². The van der Waals surface area contributed by atoms with Gasteiger partial charge in [-0.15, -0.1) is 10.2 Å². The molecule has 1 amide bonds. The second kappa shape index (κ2) is 10.00. The smallest absolute Gasteiger partial charge is 0.251 e. The van der Waals surface area contributed by atoms with Gasteiger partial charge in [0.2, 0.25) is 15.8 Å². The Morgan fingerprint density at radius 1 is 1.09 bits per heavy atom. The standard InChI is InChI=1S/C23H28N6O4S/c1-16(2)21(29-26-22(25-27-29)18-7-5-4-6-8-18)23(30)24-20-15-19(10-9-17(20)3)34(31,32)28-11-13-33-14-12-28/h4-10,15-16,21H,11-14H2,1-3H3,(H,24,30). The van der Waals surface area contributed by atoms with Gasteiger partial charge in [0.1, 0.15) is 0 Å². The molecule has 1 saturated heterocycles. The quantitative estimate of drug-likeness (QED) is 0.547. The first-order valence-corrected chi connectivity index (χ1v) is 12.6. The van der Waals surface area contributed by atoms with Crippen LogP contribution in [-0.4, -0.2) is 65.1 Å². The molecule has 2 heterocycles. The monoisotopic (exact) mass is 484 g/mol. The fraction of sp³-hybridized carbons (Fsp3) is 0.391. The Kier molecular flexibility index (Phi) is 7.05. The van der Waals surface area contributed by atoms with Gasteiger partial charge < -0.3 is 10.1 Å². The van der Waals surface area contributed by atoms with Crippen molar-refractivity contribution in [1.29, 1.82) is 0 Å². The van der Waals surface area contributed by atoms with E-state index < -0.39 is 16.1 Å². The fourth-order valence-electron chi connectivity index (χ4n) is 3.76. The first-order valence-electron chi connectivity index (χ1n) is 11.1. The highest BCUT2D eigenvalue weighted by molar-refractivity contribution is 7.89. The third-order valence-corrected chi connectivity index (χ3v) is 7.58. The van der Waals surface area contributed by atoms with Gasteiger partial charge in [-0.1, -0.05) is 50.2 Å². The van der Waals surface area contributed by atoms with Gasteiger partial charge in [-0.2, -0.15) is 9.10 Å². The predicted octanol–water partition coefficient (Wildman–Crippen LogP) is 2.51. The minimum atomic E-state index is -3.69. The second-order valence-corrected chi connectivity index (χ2v) is 10.4. The minimum Gasteiger partial charge on any atom is -0.379 e. The van der Waals surface area contributed by atoms with E-state index in [0.29, 0.717) is 37.8 Å². The van der Waals surface area contributed by atoms with Crippen LogP contribution in [0.5, 0.6) is 0 Å². The average molecular weight is 485 g/mol. The number of benzene rings is 2. The number of hydrogen-bond donors (Lipinski definition) is 1. The summed E-state index contributed by atoms with van der Waals surface area (Å²) in [5, 5.41) is 15.5. The van der Waals surface area contributed by atoms with E-state index in [4.69, 9.17) is 4.74 Å². The van der Waals surface area contributed by atoms with Crippen LogP contribution in [0.2, 0.25) is 0 Å². The number of carbonyl (C=O) groups excluding carboxylic acids is 1. The largest absolute Gasteiger partial charge is 0.379 e. The normalized spacial score (nSPS) is 15.9. The minimum absolute atomic E-state index is 0.127. The van der Waals surface area contributed by atoms with Gasteiger partial charge in [0.05, 0.1) is 18.1 Å². The van der Waals surface area contributed by atoms with Gasteiger partial charge in [0.15, 0.2) is 6.04 Å². The summed E-state index contributed by atoms with van der Waals surface area (Å²) in [6.07, 6.45) is 0. The van der Waals surface area contributed by atoms with Crippen molar-refractivity contribution < 1.29 is 17.9 Å². The summed E-state index contributed by atoms with van der Waals surface area (Å²) in [5.41, 5.74) is 1.97. The number of anilines is 1. The summed E-state index contributed by atoms with van der Waals surface area (Å²) < 4.78 is 32.8. The number of morpholine rings is 1. The summed E-state index contributed by atoms with van der Waals surface area (Å²) in [5.74, 6) is -0.0664. The van der Waals surface area contributed by atoms with Crippen LogP contribution >= 0.6 is 0 Å². The molecule has 3 aromatic rings. The van der Waals surface area contributed by atoms with Crippen molar-refractivity contribution in [1.82, 2.24) is 24.5 Å². The number of nitrogens with zero attached hydrogens (tertiary/aromatic N) is 5. The van der Waals surface area contributed by atoms with E-state index in [1.807, 2.05) is 51.1 Å². The molecule has 0 aliphatic carbocycles. The summed E-state index contributed by atoms with van der Waals surface area (Å²) in [6, 6.07) is 13.4. The van der Waals surface area contributed by atoms with E-state index in [2.05, 4.69) is 20.7 Å². The Bertz CT molecular complexity index is 1250. The maximum Gasteiger partial charge on any atom is 0.251 e. The molecule has 1 N–H and O–H groups in total. The lowest BCUT2D eigenvalue weighted by molar-refractivity contribution is -0.121. The average Bonchev–Trinajstić information content (AvgIpc) is 3.31. The van der Waals surface area contributed by atoms with E-state index in [9.17, 15) is 13.2 Å².